The third-order valence-electron chi connectivity index (χ3n) is 3.48. The van der Waals surface area contributed by atoms with Gasteiger partial charge in [-0.2, -0.15) is 15.6 Å². The van der Waals surface area contributed by atoms with Crippen LogP contribution < -0.4 is 10.2 Å². The highest BCUT2D eigenvalue weighted by Crippen LogP contribution is 2.34. The summed E-state index contributed by atoms with van der Waals surface area (Å²) in [7, 11) is 2.96. The van der Waals surface area contributed by atoms with Gasteiger partial charge in [-0.25, -0.2) is 4.79 Å². The quantitative estimate of drug-likeness (QED) is 0.849. The second kappa shape index (κ2) is 5.06. The first-order valence-electron chi connectivity index (χ1n) is 6.44. The molecule has 2 heterocycles. The van der Waals surface area contributed by atoms with Crippen molar-refractivity contribution in [1.29, 1.82) is 0 Å². The number of carbonyl (C=O) groups is 1. The largest absolute Gasteiger partial charge is 0.497 e. The second-order valence-electron chi connectivity index (χ2n) is 4.64. The second-order valence-corrected chi connectivity index (χ2v) is 4.64. The van der Waals surface area contributed by atoms with Gasteiger partial charge < -0.3 is 9.47 Å². The zero-order chi connectivity index (χ0) is 14.9. The van der Waals surface area contributed by atoms with Crippen molar-refractivity contribution >= 4 is 12.2 Å². The molecule has 1 aromatic carbocycles. The number of hydrazine groups is 1. The van der Waals surface area contributed by atoms with Gasteiger partial charge in [0.15, 0.2) is 5.54 Å². The van der Waals surface area contributed by atoms with Crippen LogP contribution in [-0.2, 0) is 15.1 Å². The number of fused-ring (bicyclic) bond motifs is 1. The summed E-state index contributed by atoms with van der Waals surface area (Å²) in [5.41, 5.74) is 3.53. The Kier molecular flexibility index (Phi) is 3.23. The summed E-state index contributed by atoms with van der Waals surface area (Å²) in [5.74, 6) is 0.318. The molecule has 0 fully saturated rings. The number of methoxy groups -OCH3 is 2. The van der Waals surface area contributed by atoms with E-state index in [0.29, 0.717) is 0 Å². The van der Waals surface area contributed by atoms with E-state index in [2.05, 4.69) is 10.5 Å². The maximum atomic E-state index is 12.4. The summed E-state index contributed by atoms with van der Waals surface area (Å²) in [6, 6.07) is 7.25. The molecule has 1 N–H and O–H groups in total. The van der Waals surface area contributed by atoms with Gasteiger partial charge in [0.2, 0.25) is 0 Å². The molecule has 2 aliphatic heterocycles. The minimum Gasteiger partial charge on any atom is -0.497 e. The summed E-state index contributed by atoms with van der Waals surface area (Å²) in [6.45, 7) is 0. The molecule has 1 unspecified atom stereocenters. The number of allylic oxidation sites excluding steroid dienone is 2. The normalized spacial score (nSPS) is 22.8. The van der Waals surface area contributed by atoms with Crippen LogP contribution in [0.3, 0.4) is 0 Å². The molecule has 0 aliphatic carbocycles. The maximum Gasteiger partial charge on any atom is 0.336 e. The molecule has 0 saturated heterocycles. The van der Waals surface area contributed by atoms with Crippen LogP contribution >= 0.6 is 0 Å². The van der Waals surface area contributed by atoms with E-state index in [9.17, 15) is 4.79 Å². The van der Waals surface area contributed by atoms with Crippen molar-refractivity contribution in [3.05, 3.63) is 53.8 Å². The first-order chi connectivity index (χ1) is 10.2. The number of rotatable bonds is 3. The molecule has 0 saturated carbocycles. The fraction of sp³-hybridized carbons (Fsp3) is 0.200. The van der Waals surface area contributed by atoms with Crippen LogP contribution in [0, 0.1) is 0 Å². The lowest BCUT2D eigenvalue weighted by Crippen LogP contribution is -2.49. The fourth-order valence-electron chi connectivity index (χ4n) is 2.39. The smallest absolute Gasteiger partial charge is 0.336 e. The van der Waals surface area contributed by atoms with E-state index in [4.69, 9.17) is 9.47 Å². The topological polar surface area (TPSA) is 63.2 Å². The maximum absolute atomic E-state index is 12.4. The fourth-order valence-corrected chi connectivity index (χ4v) is 2.39. The molecular weight excluding hydrogens is 270 g/mol. The minimum atomic E-state index is -1.09. The molecule has 2 aliphatic rings. The first kappa shape index (κ1) is 13.4. The van der Waals surface area contributed by atoms with Gasteiger partial charge in [0.1, 0.15) is 5.75 Å². The summed E-state index contributed by atoms with van der Waals surface area (Å²) in [4.78, 5) is 12.4. The molecule has 0 spiro atoms. The Labute approximate surface area is 122 Å². The van der Waals surface area contributed by atoms with E-state index < -0.39 is 11.5 Å². The third kappa shape index (κ3) is 2.09. The molecule has 0 amide bonds. The molecule has 108 valence electrons. The number of hydrogen-bond acceptors (Lipinski definition) is 6. The van der Waals surface area contributed by atoms with Gasteiger partial charge in [0, 0.05) is 6.21 Å². The van der Waals surface area contributed by atoms with Crippen molar-refractivity contribution in [3.8, 4) is 5.75 Å². The van der Waals surface area contributed by atoms with Crippen LogP contribution in [0.5, 0.6) is 5.75 Å². The number of hydrogen-bond donors (Lipinski definition) is 1. The number of carbonyl (C=O) groups excluding carboxylic acids is 1. The molecule has 6 nitrogen and oxygen atoms in total. The number of nitrogens with zero attached hydrogens (tertiary/aromatic N) is 2. The van der Waals surface area contributed by atoms with Crippen LogP contribution in [-0.4, -0.2) is 31.5 Å². The van der Waals surface area contributed by atoms with Crippen molar-refractivity contribution in [2.24, 2.45) is 5.10 Å². The lowest BCUT2D eigenvalue weighted by Gasteiger charge is -2.27. The van der Waals surface area contributed by atoms with Crippen molar-refractivity contribution in [2.75, 3.05) is 14.2 Å². The highest BCUT2D eigenvalue weighted by molar-refractivity contribution is 5.86. The minimum absolute atomic E-state index is 0.404. The first-order valence-corrected chi connectivity index (χ1v) is 6.44. The summed E-state index contributed by atoms with van der Waals surface area (Å²) in [6.07, 6.45) is 7.12. The van der Waals surface area contributed by atoms with Gasteiger partial charge in [-0.05, 0) is 35.9 Å². The average Bonchev–Trinajstić information content (AvgIpc) is 2.94. The Morgan fingerprint density at radius 2 is 2.05 bits per heavy atom. The number of nitrogens with one attached hydrogen (secondary N) is 1. The molecule has 3 rings (SSSR count). The van der Waals surface area contributed by atoms with Gasteiger partial charge in [0.05, 0.1) is 19.9 Å². The average molecular weight is 285 g/mol. The van der Waals surface area contributed by atoms with Crippen molar-refractivity contribution < 1.29 is 14.3 Å². The van der Waals surface area contributed by atoms with Crippen LogP contribution in [0.1, 0.15) is 5.56 Å². The van der Waals surface area contributed by atoms with Crippen LogP contribution in [0.2, 0.25) is 0 Å². The Morgan fingerprint density at radius 3 is 2.67 bits per heavy atom. The van der Waals surface area contributed by atoms with Gasteiger partial charge in [-0.15, -0.1) is 0 Å². The SMILES string of the molecule is COC(=O)C1(c2ccc(OC)cc2)C=C2C=CC=NN2N1. The van der Waals surface area contributed by atoms with Crippen LogP contribution in [0.4, 0.5) is 0 Å². The summed E-state index contributed by atoms with van der Waals surface area (Å²) in [5, 5.41) is 5.73. The zero-order valence-corrected chi connectivity index (χ0v) is 11.7. The molecule has 6 heteroatoms. The van der Waals surface area contributed by atoms with E-state index in [1.54, 1.807) is 36.7 Å². The zero-order valence-electron chi connectivity index (χ0n) is 11.7. The Hall–Kier alpha value is -2.60. The van der Waals surface area contributed by atoms with Crippen molar-refractivity contribution in [2.45, 2.75) is 5.54 Å². The number of ether oxygens (including phenoxy) is 2. The Bertz CT molecular complexity index is 649. The molecule has 0 aromatic heterocycles. The lowest BCUT2D eigenvalue weighted by atomic mass is 9.90. The van der Waals surface area contributed by atoms with Crippen LogP contribution in [0.25, 0.3) is 0 Å². The Balaban J connectivity index is 2.06. The van der Waals surface area contributed by atoms with Gasteiger partial charge in [-0.3, -0.25) is 0 Å². The molecule has 1 atom stereocenters. The van der Waals surface area contributed by atoms with Gasteiger partial charge in [-0.1, -0.05) is 12.1 Å². The predicted octanol–water partition coefficient (Wildman–Crippen LogP) is 1.32. The van der Waals surface area contributed by atoms with E-state index in [1.165, 1.54) is 7.11 Å². The third-order valence-corrected chi connectivity index (χ3v) is 3.48. The van der Waals surface area contributed by atoms with Crippen molar-refractivity contribution in [3.63, 3.8) is 0 Å². The van der Waals surface area contributed by atoms with E-state index in [0.717, 1.165) is 17.0 Å². The van der Waals surface area contributed by atoms with Gasteiger partial charge >= 0.3 is 5.97 Å². The highest BCUT2D eigenvalue weighted by atomic mass is 16.5. The highest BCUT2D eigenvalue weighted by Gasteiger charge is 2.46. The van der Waals surface area contributed by atoms with Crippen LogP contribution in [0.15, 0.2) is 53.3 Å². The number of benzene rings is 1. The molecular formula is C15H15N3O3. The number of esters is 1. The monoisotopic (exact) mass is 285 g/mol. The molecule has 21 heavy (non-hydrogen) atoms. The summed E-state index contributed by atoms with van der Waals surface area (Å²) >= 11 is 0. The lowest BCUT2D eigenvalue weighted by molar-refractivity contribution is -0.148. The number of hydrazone groups is 1. The van der Waals surface area contributed by atoms with E-state index >= 15 is 0 Å². The molecule has 0 radical (unpaired) electrons. The summed E-state index contributed by atoms with van der Waals surface area (Å²) < 4.78 is 10.1. The van der Waals surface area contributed by atoms with E-state index in [1.807, 2.05) is 24.3 Å². The van der Waals surface area contributed by atoms with Gasteiger partial charge in [0.25, 0.3) is 0 Å². The Morgan fingerprint density at radius 1 is 1.29 bits per heavy atom. The molecule has 1 aromatic rings. The van der Waals surface area contributed by atoms with E-state index in [-0.39, 0.29) is 0 Å². The standard InChI is InChI=1S/C15H15N3O3/c1-20-13-7-5-11(6-8-13)15(14(19)21-2)10-12-4-3-9-16-18(12)17-15/h3-10,17H,1-2H3. The predicted molar refractivity (Wildman–Crippen MR) is 77.4 cm³/mol. The molecule has 0 bridgehead atoms. The van der Waals surface area contributed by atoms with Crippen molar-refractivity contribution in [1.82, 2.24) is 10.5 Å².